The number of alkyl halides is 1. The van der Waals surface area contributed by atoms with Crippen molar-refractivity contribution < 1.29 is 10.2 Å². The van der Waals surface area contributed by atoms with Gasteiger partial charge < -0.3 is 10.2 Å². The molecule has 0 aliphatic heterocycles. The van der Waals surface area contributed by atoms with Crippen LogP contribution in [-0.2, 0) is 0 Å². The highest BCUT2D eigenvalue weighted by atomic mass is 127. The molecule has 0 radical (unpaired) electrons. The largest absolute Gasteiger partial charge is 0.507 e. The van der Waals surface area contributed by atoms with Gasteiger partial charge in [0.2, 0.25) is 0 Å². The van der Waals surface area contributed by atoms with Crippen LogP contribution in [0, 0.1) is 55.4 Å². The van der Waals surface area contributed by atoms with Gasteiger partial charge in [0.25, 0.3) is 0 Å². The fourth-order valence-corrected chi connectivity index (χ4v) is 4.87. The smallest absolute Gasteiger partial charge is 0.121 e. The molecule has 0 fully saturated rings. The van der Waals surface area contributed by atoms with Gasteiger partial charge in [-0.15, -0.1) is 0 Å². The highest BCUT2D eigenvalue weighted by Gasteiger charge is 2.26. The molecule has 0 bridgehead atoms. The van der Waals surface area contributed by atoms with Crippen LogP contribution in [0.3, 0.4) is 0 Å². The van der Waals surface area contributed by atoms with E-state index in [0.29, 0.717) is 11.5 Å². The lowest BCUT2D eigenvalue weighted by molar-refractivity contribution is 0.465. The lowest BCUT2D eigenvalue weighted by Crippen LogP contribution is -2.14. The summed E-state index contributed by atoms with van der Waals surface area (Å²) in [6.07, 6.45) is 0. The number of benzene rings is 2. The fourth-order valence-electron chi connectivity index (χ4n) is 3.99. The minimum Gasteiger partial charge on any atom is -0.507 e. The van der Waals surface area contributed by atoms with Gasteiger partial charge in [-0.1, -0.05) is 22.6 Å². The molecule has 2 nitrogen and oxygen atoms in total. The molecule has 0 saturated heterocycles. The summed E-state index contributed by atoms with van der Waals surface area (Å²) in [5, 5.41) is 20.8. The molecule has 0 heterocycles. The summed E-state index contributed by atoms with van der Waals surface area (Å²) in [7, 11) is 0. The highest BCUT2D eigenvalue weighted by Crippen LogP contribution is 2.43. The summed E-state index contributed by atoms with van der Waals surface area (Å²) in [5.74, 6) is 1.08. The van der Waals surface area contributed by atoms with Crippen LogP contribution in [-0.4, -0.2) is 14.6 Å². The number of hydrogen-bond acceptors (Lipinski definition) is 2. The average molecular weight is 452 g/mol. The molecule has 2 aromatic carbocycles. The van der Waals surface area contributed by atoms with E-state index >= 15 is 0 Å². The van der Waals surface area contributed by atoms with Gasteiger partial charge >= 0.3 is 0 Å². The summed E-state index contributed by atoms with van der Waals surface area (Å²) in [4.78, 5) is 0. The van der Waals surface area contributed by atoms with Gasteiger partial charge in [0.15, 0.2) is 0 Å². The van der Waals surface area contributed by atoms with Crippen molar-refractivity contribution in [2.75, 3.05) is 4.43 Å². The van der Waals surface area contributed by atoms with Gasteiger partial charge in [-0.3, -0.25) is 0 Å². The molecule has 0 aliphatic rings. The molecular formula is C22H29IO2. The first-order chi connectivity index (χ1) is 11.6. The molecule has 0 amide bonds. The molecule has 2 N–H and O–H groups in total. The number of rotatable bonds is 3. The predicted octanol–water partition coefficient (Wildman–Crippen LogP) is 6.13. The molecule has 2 rings (SSSR count). The topological polar surface area (TPSA) is 40.5 Å². The molecule has 2 aromatic rings. The summed E-state index contributed by atoms with van der Waals surface area (Å²) >= 11 is 2.46. The molecule has 0 aliphatic carbocycles. The van der Waals surface area contributed by atoms with Crippen LogP contribution in [0.4, 0.5) is 0 Å². The quantitative estimate of drug-likeness (QED) is 0.434. The van der Waals surface area contributed by atoms with Crippen molar-refractivity contribution in [2.45, 2.75) is 61.3 Å². The van der Waals surface area contributed by atoms with Crippen LogP contribution in [0.1, 0.15) is 61.6 Å². The lowest BCUT2D eigenvalue weighted by Gasteiger charge is -2.28. The third kappa shape index (κ3) is 3.05. The van der Waals surface area contributed by atoms with Gasteiger partial charge in [-0.2, -0.15) is 0 Å². The third-order valence-electron chi connectivity index (χ3n) is 6.14. The zero-order chi connectivity index (χ0) is 19.2. The molecule has 0 spiro atoms. The van der Waals surface area contributed by atoms with Crippen molar-refractivity contribution in [3.05, 3.63) is 55.6 Å². The maximum absolute atomic E-state index is 10.4. The van der Waals surface area contributed by atoms with Crippen molar-refractivity contribution in [1.82, 2.24) is 0 Å². The second-order valence-electron chi connectivity index (χ2n) is 7.23. The van der Waals surface area contributed by atoms with E-state index in [2.05, 4.69) is 50.3 Å². The summed E-state index contributed by atoms with van der Waals surface area (Å²) in [6.45, 7) is 16.4. The Morgan fingerprint density at radius 3 is 1.00 bits per heavy atom. The second-order valence-corrected chi connectivity index (χ2v) is 8.11. The van der Waals surface area contributed by atoms with Crippen LogP contribution < -0.4 is 0 Å². The van der Waals surface area contributed by atoms with Crippen LogP contribution in [0.15, 0.2) is 0 Å². The van der Waals surface area contributed by atoms with E-state index in [4.69, 9.17) is 0 Å². The van der Waals surface area contributed by atoms with E-state index in [9.17, 15) is 10.2 Å². The molecular weight excluding hydrogens is 423 g/mol. The predicted molar refractivity (Wildman–Crippen MR) is 115 cm³/mol. The molecule has 0 unspecified atom stereocenters. The first-order valence-electron chi connectivity index (χ1n) is 8.70. The lowest BCUT2D eigenvalue weighted by atomic mass is 9.78. The Balaban J connectivity index is 2.90. The molecule has 136 valence electrons. The minimum atomic E-state index is 0.247. The summed E-state index contributed by atoms with van der Waals surface area (Å²) in [6, 6.07) is 0. The monoisotopic (exact) mass is 452 g/mol. The Morgan fingerprint density at radius 2 is 0.800 bits per heavy atom. The van der Waals surface area contributed by atoms with Crippen LogP contribution in [0.25, 0.3) is 0 Å². The molecule has 25 heavy (non-hydrogen) atoms. The van der Waals surface area contributed by atoms with E-state index in [0.717, 1.165) is 26.7 Å². The van der Waals surface area contributed by atoms with Crippen LogP contribution in [0.2, 0.25) is 0 Å². The maximum Gasteiger partial charge on any atom is 0.121 e. The summed E-state index contributed by atoms with van der Waals surface area (Å²) < 4.78 is 0.953. The van der Waals surface area contributed by atoms with Crippen molar-refractivity contribution in [3.63, 3.8) is 0 Å². The zero-order valence-corrected chi connectivity index (χ0v) is 18.7. The molecule has 3 heteroatoms. The van der Waals surface area contributed by atoms with E-state index in [1.165, 1.54) is 33.4 Å². The SMILES string of the molecule is Cc1c(C)c(C(CI)c2c(C)c(C)c(O)c(C)c2C)c(C)c(C)c1O. The maximum atomic E-state index is 10.4. The van der Waals surface area contributed by atoms with Crippen LogP contribution in [0.5, 0.6) is 11.5 Å². The Hall–Kier alpha value is -1.23. The second kappa shape index (κ2) is 7.18. The van der Waals surface area contributed by atoms with E-state index in [1.54, 1.807) is 0 Å². The first-order valence-corrected chi connectivity index (χ1v) is 10.2. The number of aromatic hydroxyl groups is 2. The molecule has 0 atom stereocenters. The number of hydrogen-bond donors (Lipinski definition) is 2. The summed E-state index contributed by atoms with van der Waals surface area (Å²) in [5.41, 5.74) is 11.2. The van der Waals surface area contributed by atoms with Crippen molar-refractivity contribution in [2.24, 2.45) is 0 Å². The molecule has 0 saturated carbocycles. The number of phenols is 2. The van der Waals surface area contributed by atoms with E-state index < -0.39 is 0 Å². The normalized spacial score (nSPS) is 11.4. The average Bonchev–Trinajstić information content (AvgIpc) is 2.60. The van der Waals surface area contributed by atoms with Crippen molar-refractivity contribution in [1.29, 1.82) is 0 Å². The van der Waals surface area contributed by atoms with Crippen LogP contribution >= 0.6 is 22.6 Å². The fraction of sp³-hybridized carbons (Fsp3) is 0.455. The van der Waals surface area contributed by atoms with Crippen molar-refractivity contribution in [3.8, 4) is 11.5 Å². The van der Waals surface area contributed by atoms with E-state index in [-0.39, 0.29) is 5.92 Å². The number of phenolic OH excluding ortho intramolecular Hbond substituents is 2. The minimum absolute atomic E-state index is 0.247. The van der Waals surface area contributed by atoms with Gasteiger partial charge in [0.1, 0.15) is 11.5 Å². The standard InChI is InChI=1S/C22H29IO2/c1-10-14(5)21(24)15(6)11(2)19(10)18(9-23)20-12(3)16(7)22(25)17(8)13(20)4/h18,24-25H,9H2,1-8H3. The van der Waals surface area contributed by atoms with Gasteiger partial charge in [-0.05, 0) is 111 Å². The van der Waals surface area contributed by atoms with Gasteiger partial charge in [-0.25, -0.2) is 0 Å². The Bertz CT molecular complexity index is 723. The first kappa shape index (κ1) is 20.1. The Kier molecular flexibility index (Phi) is 5.77. The van der Waals surface area contributed by atoms with Crippen molar-refractivity contribution >= 4 is 22.6 Å². The Labute approximate surface area is 165 Å². The zero-order valence-electron chi connectivity index (χ0n) is 16.6. The van der Waals surface area contributed by atoms with E-state index in [1.807, 2.05) is 27.7 Å². The van der Waals surface area contributed by atoms with Gasteiger partial charge in [0, 0.05) is 10.3 Å². The third-order valence-corrected chi connectivity index (χ3v) is 7.02. The number of halogens is 1. The highest BCUT2D eigenvalue weighted by molar-refractivity contribution is 14.1. The Morgan fingerprint density at radius 1 is 0.560 bits per heavy atom. The van der Waals surface area contributed by atoms with Gasteiger partial charge in [0.05, 0.1) is 0 Å². The molecule has 0 aromatic heterocycles.